The van der Waals surface area contributed by atoms with Gasteiger partial charge in [0.05, 0.1) is 0 Å². The molecule has 1 aromatic carbocycles. The highest BCUT2D eigenvalue weighted by atomic mass is 35.5. The third-order valence-corrected chi connectivity index (χ3v) is 6.48. The van der Waals surface area contributed by atoms with Crippen LogP contribution in [0.1, 0.15) is 74.6 Å². The molecule has 1 amide bonds. The number of nitrogens with one attached hydrogen (secondary N) is 1. The van der Waals surface area contributed by atoms with E-state index in [0.29, 0.717) is 17.9 Å². The van der Waals surface area contributed by atoms with Crippen molar-refractivity contribution in [3.05, 3.63) is 41.0 Å². The average Bonchev–Trinajstić information content (AvgIpc) is 2.75. The number of rotatable bonds is 5. The van der Waals surface area contributed by atoms with E-state index >= 15 is 0 Å². The van der Waals surface area contributed by atoms with E-state index in [1.54, 1.807) is 6.07 Å². The van der Waals surface area contributed by atoms with Crippen molar-refractivity contribution in [1.82, 2.24) is 14.9 Å². The number of carbonyl (C=O) groups is 1. The van der Waals surface area contributed by atoms with Crippen molar-refractivity contribution in [3.63, 3.8) is 0 Å². The molecule has 2 aliphatic rings. The Morgan fingerprint density at radius 3 is 2.03 bits per heavy atom. The molecule has 7 heteroatoms. The van der Waals surface area contributed by atoms with Gasteiger partial charge in [-0.25, -0.2) is 4.98 Å². The molecule has 0 bridgehead atoms. The van der Waals surface area contributed by atoms with Crippen LogP contribution in [0.3, 0.4) is 0 Å². The van der Waals surface area contributed by atoms with E-state index in [2.05, 4.69) is 20.2 Å². The molecule has 0 unspecified atom stereocenters. The van der Waals surface area contributed by atoms with Crippen LogP contribution in [0.15, 0.2) is 30.3 Å². The molecular weight excluding hydrogens is 398 g/mol. The number of nitrogens with zero attached hydrogens (tertiary/aromatic N) is 3. The Hall–Kier alpha value is -2.34. The largest absolute Gasteiger partial charge is 0.368 e. The molecule has 0 radical (unpaired) electrons. The van der Waals surface area contributed by atoms with E-state index in [0.717, 1.165) is 36.9 Å². The SMILES string of the molecule is Nc1nc(Cl)cc(Nc2ccc(C(=O)N(C3CCCCC3)C3CCCCC3)cc2)n1. The maximum absolute atomic E-state index is 13.6. The van der Waals surface area contributed by atoms with E-state index in [-0.39, 0.29) is 17.0 Å². The van der Waals surface area contributed by atoms with Crippen LogP contribution < -0.4 is 11.1 Å². The van der Waals surface area contributed by atoms with Crippen molar-refractivity contribution in [2.24, 2.45) is 0 Å². The third kappa shape index (κ3) is 5.04. The molecule has 3 N–H and O–H groups in total. The minimum Gasteiger partial charge on any atom is -0.368 e. The molecule has 0 spiro atoms. The summed E-state index contributed by atoms with van der Waals surface area (Å²) in [5.41, 5.74) is 7.22. The monoisotopic (exact) mass is 427 g/mol. The maximum Gasteiger partial charge on any atom is 0.254 e. The second-order valence-corrected chi connectivity index (χ2v) is 8.82. The number of aromatic nitrogens is 2. The van der Waals surface area contributed by atoms with Gasteiger partial charge in [-0.05, 0) is 49.9 Å². The summed E-state index contributed by atoms with van der Waals surface area (Å²) in [5.74, 6) is 0.819. The number of anilines is 3. The number of benzene rings is 1. The molecule has 2 saturated carbocycles. The van der Waals surface area contributed by atoms with Crippen molar-refractivity contribution in [2.45, 2.75) is 76.3 Å². The van der Waals surface area contributed by atoms with Gasteiger partial charge in [-0.2, -0.15) is 4.98 Å². The fourth-order valence-corrected chi connectivity index (χ4v) is 5.03. The number of carbonyl (C=O) groups excluding carboxylic acids is 1. The van der Waals surface area contributed by atoms with Crippen LogP contribution >= 0.6 is 11.6 Å². The van der Waals surface area contributed by atoms with Gasteiger partial charge in [-0.1, -0.05) is 50.1 Å². The van der Waals surface area contributed by atoms with Crippen LogP contribution in [0.25, 0.3) is 0 Å². The Kier molecular flexibility index (Phi) is 6.72. The van der Waals surface area contributed by atoms with Gasteiger partial charge in [0.2, 0.25) is 5.95 Å². The quantitative estimate of drug-likeness (QED) is 0.610. The maximum atomic E-state index is 13.6. The molecule has 4 rings (SSSR count). The minimum absolute atomic E-state index is 0.118. The third-order valence-electron chi connectivity index (χ3n) is 6.29. The number of hydrogen-bond acceptors (Lipinski definition) is 5. The van der Waals surface area contributed by atoms with E-state index in [9.17, 15) is 4.79 Å². The molecule has 0 saturated heterocycles. The summed E-state index contributed by atoms with van der Waals surface area (Å²) >= 11 is 5.94. The molecule has 2 fully saturated rings. The number of halogens is 1. The average molecular weight is 428 g/mol. The zero-order chi connectivity index (χ0) is 20.9. The van der Waals surface area contributed by atoms with E-state index in [4.69, 9.17) is 17.3 Å². The van der Waals surface area contributed by atoms with Crippen molar-refractivity contribution in [2.75, 3.05) is 11.1 Å². The van der Waals surface area contributed by atoms with Gasteiger partial charge in [-0.15, -0.1) is 0 Å². The summed E-state index contributed by atoms with van der Waals surface area (Å²) in [6.07, 6.45) is 12.1. The summed E-state index contributed by atoms with van der Waals surface area (Å²) in [5, 5.41) is 3.45. The van der Waals surface area contributed by atoms with Gasteiger partial charge in [0.15, 0.2) is 0 Å². The summed E-state index contributed by atoms with van der Waals surface area (Å²) < 4.78 is 0. The van der Waals surface area contributed by atoms with Crippen LogP contribution in [0.4, 0.5) is 17.5 Å². The first-order valence-electron chi connectivity index (χ1n) is 11.1. The molecule has 2 aliphatic carbocycles. The lowest BCUT2D eigenvalue weighted by atomic mass is 9.88. The van der Waals surface area contributed by atoms with Gasteiger partial charge in [0, 0.05) is 29.4 Å². The highest BCUT2D eigenvalue weighted by Crippen LogP contribution is 2.32. The topological polar surface area (TPSA) is 84.1 Å². The summed E-state index contributed by atoms with van der Waals surface area (Å²) in [7, 11) is 0. The predicted molar refractivity (Wildman–Crippen MR) is 121 cm³/mol. The molecule has 160 valence electrons. The van der Waals surface area contributed by atoms with E-state index in [1.165, 1.54) is 38.5 Å². The van der Waals surface area contributed by atoms with E-state index in [1.807, 2.05) is 24.3 Å². The standard InChI is InChI=1S/C23H30ClN5O/c24-20-15-21(28-23(25)27-20)26-17-13-11-16(12-14-17)22(30)29(18-7-3-1-4-8-18)19-9-5-2-6-10-19/h11-15,18-19H,1-10H2,(H3,25,26,27,28). The lowest BCUT2D eigenvalue weighted by molar-refractivity contribution is 0.0448. The smallest absolute Gasteiger partial charge is 0.254 e. The highest BCUT2D eigenvalue weighted by molar-refractivity contribution is 6.29. The molecule has 1 aromatic heterocycles. The minimum atomic E-state index is 0.118. The lowest BCUT2D eigenvalue weighted by Gasteiger charge is -2.42. The molecule has 0 aliphatic heterocycles. The molecule has 1 heterocycles. The summed E-state index contributed by atoms with van der Waals surface area (Å²) in [6.45, 7) is 0. The van der Waals surface area contributed by atoms with Crippen LogP contribution in [0.2, 0.25) is 5.15 Å². The molecule has 30 heavy (non-hydrogen) atoms. The molecular formula is C23H30ClN5O. The van der Waals surface area contributed by atoms with Gasteiger partial charge in [-0.3, -0.25) is 4.79 Å². The zero-order valence-electron chi connectivity index (χ0n) is 17.3. The normalized spacial score (nSPS) is 18.2. The van der Waals surface area contributed by atoms with Crippen LogP contribution in [0, 0.1) is 0 Å². The highest BCUT2D eigenvalue weighted by Gasteiger charge is 2.32. The Balaban J connectivity index is 1.51. The zero-order valence-corrected chi connectivity index (χ0v) is 18.1. The predicted octanol–water partition coefficient (Wildman–Crippen LogP) is 5.56. The lowest BCUT2D eigenvalue weighted by Crippen LogP contribution is -2.48. The summed E-state index contributed by atoms with van der Waals surface area (Å²) in [6, 6.07) is 9.99. The first-order chi connectivity index (χ1) is 14.6. The fraction of sp³-hybridized carbons (Fsp3) is 0.522. The fourth-order valence-electron chi connectivity index (χ4n) is 4.84. The first-order valence-corrected chi connectivity index (χ1v) is 11.5. The van der Waals surface area contributed by atoms with Gasteiger partial charge >= 0.3 is 0 Å². The first kappa shape index (κ1) is 20.9. The van der Waals surface area contributed by atoms with Crippen LogP contribution in [-0.4, -0.2) is 32.9 Å². The molecule has 6 nitrogen and oxygen atoms in total. The second kappa shape index (κ2) is 9.65. The van der Waals surface area contributed by atoms with Crippen molar-refractivity contribution >= 4 is 35.0 Å². The second-order valence-electron chi connectivity index (χ2n) is 8.43. The van der Waals surface area contributed by atoms with Gasteiger partial charge in [0.1, 0.15) is 11.0 Å². The Morgan fingerprint density at radius 1 is 0.933 bits per heavy atom. The number of nitrogen functional groups attached to an aromatic ring is 1. The van der Waals surface area contributed by atoms with Crippen molar-refractivity contribution in [1.29, 1.82) is 0 Å². The molecule has 2 aromatic rings. The van der Waals surface area contributed by atoms with Gasteiger partial charge < -0.3 is 16.0 Å². The van der Waals surface area contributed by atoms with Crippen LogP contribution in [-0.2, 0) is 0 Å². The Bertz CT molecular complexity index is 822. The number of amides is 1. The van der Waals surface area contributed by atoms with Crippen LogP contribution in [0.5, 0.6) is 0 Å². The molecule has 0 atom stereocenters. The van der Waals surface area contributed by atoms with Crippen molar-refractivity contribution < 1.29 is 4.79 Å². The number of nitrogens with two attached hydrogens (primary N) is 1. The van der Waals surface area contributed by atoms with E-state index < -0.39 is 0 Å². The van der Waals surface area contributed by atoms with Gasteiger partial charge in [0.25, 0.3) is 5.91 Å². The summed E-state index contributed by atoms with van der Waals surface area (Å²) in [4.78, 5) is 23.8. The van der Waals surface area contributed by atoms with Crippen molar-refractivity contribution in [3.8, 4) is 0 Å². The Labute approximate surface area is 183 Å². The number of hydrogen-bond donors (Lipinski definition) is 2. The Morgan fingerprint density at radius 2 is 1.50 bits per heavy atom.